The van der Waals surface area contributed by atoms with Gasteiger partial charge in [-0.3, -0.25) is 4.79 Å². The lowest BCUT2D eigenvalue weighted by molar-refractivity contribution is -0.117. The van der Waals surface area contributed by atoms with Gasteiger partial charge in [-0.1, -0.05) is 37.2 Å². The van der Waals surface area contributed by atoms with E-state index in [1.165, 1.54) is 23.9 Å². The molecule has 0 N–H and O–H groups in total. The predicted octanol–water partition coefficient (Wildman–Crippen LogP) is 2.66. The van der Waals surface area contributed by atoms with Crippen molar-refractivity contribution in [2.75, 3.05) is 18.1 Å². The fourth-order valence-electron chi connectivity index (χ4n) is 3.29. The van der Waals surface area contributed by atoms with Gasteiger partial charge in [0.25, 0.3) is 0 Å². The number of thioether (sulfide) groups is 1. The smallest absolute Gasteiger partial charge is 0.248 e. The van der Waals surface area contributed by atoms with E-state index in [1.807, 2.05) is 11.8 Å². The number of halogens is 1. The van der Waals surface area contributed by atoms with E-state index in [9.17, 15) is 17.6 Å². The summed E-state index contributed by atoms with van der Waals surface area (Å²) in [4.78, 5) is 18.3. The summed E-state index contributed by atoms with van der Waals surface area (Å²) >= 11 is 1.41. The van der Waals surface area contributed by atoms with E-state index >= 15 is 0 Å². The van der Waals surface area contributed by atoms with Gasteiger partial charge >= 0.3 is 0 Å². The van der Waals surface area contributed by atoms with Crippen molar-refractivity contribution >= 4 is 32.7 Å². The molecule has 0 saturated carbocycles. The number of unbranched alkanes of at least 4 members (excludes halogenated alkanes) is 1. The highest BCUT2D eigenvalue weighted by molar-refractivity contribution is 8.15. The summed E-state index contributed by atoms with van der Waals surface area (Å²) < 4.78 is 37.0. The first-order valence-corrected chi connectivity index (χ1v) is 11.6. The van der Waals surface area contributed by atoms with Crippen molar-refractivity contribution in [3.05, 3.63) is 35.6 Å². The van der Waals surface area contributed by atoms with E-state index in [0.29, 0.717) is 24.6 Å². The van der Waals surface area contributed by atoms with Gasteiger partial charge < -0.3 is 4.90 Å². The standard InChI is InChI=1S/C18H23FN2O3S2/c1-2-3-4-17(22)20-18-21(10-9-13-5-7-14(19)8-6-13)15-11-26(23,24)12-16(15)25-18/h5-8,15-16H,2-4,9-12H2,1H3. The number of hydrogen-bond acceptors (Lipinski definition) is 4. The van der Waals surface area contributed by atoms with Gasteiger partial charge in [0, 0.05) is 18.2 Å². The van der Waals surface area contributed by atoms with E-state index < -0.39 is 9.84 Å². The molecule has 0 aliphatic carbocycles. The molecule has 142 valence electrons. The second-order valence-corrected chi connectivity index (χ2v) is 10.1. The fourth-order valence-corrected chi connectivity index (χ4v) is 7.28. The van der Waals surface area contributed by atoms with Crippen molar-refractivity contribution in [2.24, 2.45) is 4.99 Å². The van der Waals surface area contributed by atoms with Gasteiger partial charge in [-0.25, -0.2) is 12.8 Å². The molecular formula is C18H23FN2O3S2. The maximum atomic E-state index is 13.1. The topological polar surface area (TPSA) is 66.8 Å². The molecule has 5 nitrogen and oxygen atoms in total. The van der Waals surface area contributed by atoms with Crippen LogP contribution in [0.25, 0.3) is 0 Å². The highest BCUT2D eigenvalue weighted by Gasteiger charge is 2.48. The number of amides is 1. The third-order valence-corrected chi connectivity index (χ3v) is 7.94. The number of hydrogen-bond donors (Lipinski definition) is 0. The van der Waals surface area contributed by atoms with Crippen molar-refractivity contribution < 1.29 is 17.6 Å². The molecule has 2 atom stereocenters. The van der Waals surface area contributed by atoms with Gasteiger partial charge in [0.05, 0.1) is 17.5 Å². The zero-order chi connectivity index (χ0) is 18.7. The number of carbonyl (C=O) groups excluding carboxylic acids is 1. The largest absolute Gasteiger partial charge is 0.346 e. The van der Waals surface area contributed by atoms with Crippen LogP contribution in [0.5, 0.6) is 0 Å². The Balaban J connectivity index is 1.74. The van der Waals surface area contributed by atoms with Crippen LogP contribution in [0.1, 0.15) is 31.7 Å². The summed E-state index contributed by atoms with van der Waals surface area (Å²) in [7, 11) is -3.05. The number of sulfone groups is 1. The van der Waals surface area contributed by atoms with Crippen LogP contribution in [0.2, 0.25) is 0 Å². The van der Waals surface area contributed by atoms with Gasteiger partial charge in [0.1, 0.15) is 5.82 Å². The molecule has 0 bridgehead atoms. The maximum absolute atomic E-state index is 13.1. The van der Waals surface area contributed by atoms with E-state index in [0.717, 1.165) is 18.4 Å². The van der Waals surface area contributed by atoms with Crippen LogP contribution in [0.3, 0.4) is 0 Å². The van der Waals surface area contributed by atoms with Crippen LogP contribution in [0.15, 0.2) is 29.3 Å². The Bertz CT molecular complexity index is 793. The summed E-state index contributed by atoms with van der Waals surface area (Å²) in [5, 5.41) is 0.573. The number of amidine groups is 1. The van der Waals surface area contributed by atoms with Crippen LogP contribution >= 0.6 is 11.8 Å². The molecule has 3 rings (SSSR count). The van der Waals surface area contributed by atoms with Crippen molar-refractivity contribution in [1.29, 1.82) is 0 Å². The SMILES string of the molecule is CCCCC(=O)N=C1SC2CS(=O)(=O)CC2N1CCc1ccc(F)cc1. The second-order valence-electron chi connectivity index (χ2n) is 6.76. The second kappa shape index (κ2) is 8.08. The Morgan fingerprint density at radius 2 is 2.04 bits per heavy atom. The first-order chi connectivity index (χ1) is 12.4. The first kappa shape index (κ1) is 19.4. The molecular weight excluding hydrogens is 375 g/mol. The van der Waals surface area contributed by atoms with E-state index in [4.69, 9.17) is 0 Å². The monoisotopic (exact) mass is 398 g/mol. The third-order valence-electron chi connectivity index (χ3n) is 4.69. The van der Waals surface area contributed by atoms with Crippen LogP contribution in [0.4, 0.5) is 4.39 Å². The summed E-state index contributed by atoms with van der Waals surface area (Å²) in [6, 6.07) is 6.15. The zero-order valence-corrected chi connectivity index (χ0v) is 16.4. The van der Waals surface area contributed by atoms with Crippen molar-refractivity contribution in [3.8, 4) is 0 Å². The number of nitrogens with zero attached hydrogens (tertiary/aromatic N) is 2. The number of rotatable bonds is 6. The highest BCUT2D eigenvalue weighted by atomic mass is 32.2. The average molecular weight is 399 g/mol. The zero-order valence-electron chi connectivity index (χ0n) is 14.7. The summed E-state index contributed by atoms with van der Waals surface area (Å²) in [5.74, 6) is -0.187. The lowest BCUT2D eigenvalue weighted by Gasteiger charge is -2.24. The van der Waals surface area contributed by atoms with Crippen LogP contribution in [-0.2, 0) is 21.1 Å². The predicted molar refractivity (Wildman–Crippen MR) is 103 cm³/mol. The average Bonchev–Trinajstić information content (AvgIpc) is 3.04. The minimum Gasteiger partial charge on any atom is -0.346 e. The van der Waals surface area contributed by atoms with Crippen LogP contribution in [-0.4, -0.2) is 53.7 Å². The Morgan fingerprint density at radius 3 is 2.73 bits per heavy atom. The molecule has 0 radical (unpaired) electrons. The number of aliphatic imine (C=N–C) groups is 1. The molecule has 0 spiro atoms. The summed E-state index contributed by atoms with van der Waals surface area (Å²) in [5.41, 5.74) is 0.970. The number of benzene rings is 1. The van der Waals surface area contributed by atoms with Gasteiger partial charge in [0.2, 0.25) is 5.91 Å². The fraction of sp³-hybridized carbons (Fsp3) is 0.556. The number of carbonyl (C=O) groups is 1. The van der Waals surface area contributed by atoms with E-state index in [2.05, 4.69) is 4.99 Å². The molecule has 2 unspecified atom stereocenters. The van der Waals surface area contributed by atoms with E-state index in [-0.39, 0.29) is 34.5 Å². The first-order valence-electron chi connectivity index (χ1n) is 8.87. The lowest BCUT2D eigenvalue weighted by Crippen LogP contribution is -2.39. The molecule has 2 aliphatic heterocycles. The molecule has 1 aromatic carbocycles. The van der Waals surface area contributed by atoms with Gasteiger partial charge in [-0.2, -0.15) is 4.99 Å². The van der Waals surface area contributed by atoms with E-state index in [1.54, 1.807) is 12.1 Å². The molecule has 2 heterocycles. The quantitative estimate of drug-likeness (QED) is 0.737. The Labute approximate surface area is 158 Å². The minimum absolute atomic E-state index is 0.0639. The molecule has 2 fully saturated rings. The highest BCUT2D eigenvalue weighted by Crippen LogP contribution is 2.38. The Hall–Kier alpha value is -1.41. The normalized spacial score (nSPS) is 25.6. The van der Waals surface area contributed by atoms with Gasteiger partial charge in [-0.05, 0) is 30.5 Å². The summed E-state index contributed by atoms with van der Waals surface area (Å²) in [6.45, 7) is 2.59. The molecule has 2 aliphatic rings. The van der Waals surface area contributed by atoms with Crippen molar-refractivity contribution in [3.63, 3.8) is 0 Å². The number of fused-ring (bicyclic) bond motifs is 1. The van der Waals surface area contributed by atoms with Crippen molar-refractivity contribution in [1.82, 2.24) is 4.90 Å². The van der Waals surface area contributed by atoms with Gasteiger partial charge in [0.15, 0.2) is 15.0 Å². The molecule has 8 heteroatoms. The molecule has 2 saturated heterocycles. The Morgan fingerprint density at radius 1 is 1.31 bits per heavy atom. The third kappa shape index (κ3) is 4.65. The molecule has 0 aromatic heterocycles. The minimum atomic E-state index is -3.05. The Kier molecular flexibility index (Phi) is 6.02. The van der Waals surface area contributed by atoms with Crippen LogP contribution < -0.4 is 0 Å². The maximum Gasteiger partial charge on any atom is 0.248 e. The molecule has 26 heavy (non-hydrogen) atoms. The van der Waals surface area contributed by atoms with Gasteiger partial charge in [-0.15, -0.1) is 0 Å². The van der Waals surface area contributed by atoms with Crippen LogP contribution in [0, 0.1) is 5.82 Å². The molecule has 1 aromatic rings. The van der Waals surface area contributed by atoms with Crippen molar-refractivity contribution in [2.45, 2.75) is 43.9 Å². The molecule has 1 amide bonds. The summed E-state index contributed by atoms with van der Waals surface area (Å²) in [6.07, 6.45) is 2.80. The lowest BCUT2D eigenvalue weighted by atomic mass is 10.1.